The zero-order chi connectivity index (χ0) is 20.4. The van der Waals surface area contributed by atoms with E-state index in [0.717, 1.165) is 19.3 Å². The van der Waals surface area contributed by atoms with Crippen molar-refractivity contribution in [3.05, 3.63) is 0 Å². The van der Waals surface area contributed by atoms with E-state index >= 15 is 0 Å². The summed E-state index contributed by atoms with van der Waals surface area (Å²) < 4.78 is 46.6. The van der Waals surface area contributed by atoms with E-state index in [4.69, 9.17) is 47.7 Å². The van der Waals surface area contributed by atoms with E-state index in [1.165, 1.54) is 0 Å². The first-order valence-corrected chi connectivity index (χ1v) is 9.63. The Morgan fingerprint density at radius 3 is 1.25 bits per heavy atom. The summed E-state index contributed by atoms with van der Waals surface area (Å²) in [7, 11) is 1.56. The first kappa shape index (κ1) is 27.6. The van der Waals surface area contributed by atoms with Gasteiger partial charge in [0.15, 0.2) is 0 Å². The molecule has 0 radical (unpaired) electrons. The molecule has 10 nitrogen and oxygen atoms in total. The van der Waals surface area contributed by atoms with Crippen LogP contribution in [0.4, 0.5) is 0 Å². The maximum Gasteiger partial charge on any atom is 0.149 e. The predicted octanol–water partition coefficient (Wildman–Crippen LogP) is 0.758. The van der Waals surface area contributed by atoms with Gasteiger partial charge in [-0.1, -0.05) is 0 Å². The smallest absolute Gasteiger partial charge is 0.149 e. The molecular formula is C18H38O10. The normalized spacial score (nSPS) is 11.4. The average molecular weight is 414 g/mol. The molecule has 0 aliphatic rings. The molecule has 0 aromatic rings. The standard InChI is InChI=1S/C18H38O10/c1-20-15-28-18-27-11-4-10-26-17-25-9-3-8-24-16-23-7-2-6-21-13-14-22-12-5-19/h19H,2-18H2,1H3. The molecule has 0 rings (SSSR count). The van der Waals surface area contributed by atoms with Gasteiger partial charge in [0, 0.05) is 13.7 Å². The molecule has 0 bridgehead atoms. The number of hydrogen-bond acceptors (Lipinski definition) is 10. The monoisotopic (exact) mass is 414 g/mol. The Morgan fingerprint density at radius 1 is 0.429 bits per heavy atom. The summed E-state index contributed by atoms with van der Waals surface area (Å²) in [5.74, 6) is 0. The van der Waals surface area contributed by atoms with Crippen LogP contribution >= 0.6 is 0 Å². The number of rotatable bonds is 25. The Bertz CT molecular complexity index is 245. The summed E-state index contributed by atoms with van der Waals surface area (Å²) >= 11 is 0. The van der Waals surface area contributed by atoms with E-state index < -0.39 is 0 Å². The summed E-state index contributed by atoms with van der Waals surface area (Å²) in [6.45, 7) is 5.91. The Hall–Kier alpha value is -0.400. The van der Waals surface area contributed by atoms with E-state index in [1.807, 2.05) is 0 Å². The van der Waals surface area contributed by atoms with Crippen LogP contribution in [0.15, 0.2) is 0 Å². The molecule has 0 aromatic heterocycles. The molecule has 0 atom stereocenters. The summed E-state index contributed by atoms with van der Waals surface area (Å²) in [4.78, 5) is 0. The van der Waals surface area contributed by atoms with Gasteiger partial charge in [-0.15, -0.1) is 0 Å². The third kappa shape index (κ3) is 25.6. The summed E-state index contributed by atoms with van der Waals surface area (Å²) in [5, 5.41) is 8.53. The molecule has 0 aliphatic heterocycles. The predicted molar refractivity (Wildman–Crippen MR) is 99.9 cm³/mol. The highest BCUT2D eigenvalue weighted by Crippen LogP contribution is 1.91. The lowest BCUT2D eigenvalue weighted by Crippen LogP contribution is -2.10. The van der Waals surface area contributed by atoms with Gasteiger partial charge in [-0.05, 0) is 19.3 Å². The summed E-state index contributed by atoms with van der Waals surface area (Å²) in [5.41, 5.74) is 0. The van der Waals surface area contributed by atoms with Crippen LogP contribution in [-0.4, -0.2) is 105 Å². The number of aliphatic hydroxyl groups excluding tert-OH is 1. The third-order valence-electron chi connectivity index (χ3n) is 3.04. The number of ether oxygens (including phenoxy) is 9. The molecule has 10 heteroatoms. The largest absolute Gasteiger partial charge is 0.394 e. The Labute approximate surface area is 168 Å². The Morgan fingerprint density at radius 2 is 0.821 bits per heavy atom. The molecule has 170 valence electrons. The van der Waals surface area contributed by atoms with Crippen molar-refractivity contribution in [1.29, 1.82) is 0 Å². The highest BCUT2D eigenvalue weighted by atomic mass is 16.7. The molecule has 28 heavy (non-hydrogen) atoms. The highest BCUT2D eigenvalue weighted by molar-refractivity contribution is 4.36. The van der Waals surface area contributed by atoms with E-state index in [2.05, 4.69) is 0 Å². The second-order valence-corrected chi connectivity index (χ2v) is 5.51. The van der Waals surface area contributed by atoms with Crippen LogP contribution in [-0.2, 0) is 42.6 Å². The van der Waals surface area contributed by atoms with E-state index in [9.17, 15) is 0 Å². The van der Waals surface area contributed by atoms with Gasteiger partial charge in [0.2, 0.25) is 0 Å². The molecule has 0 amide bonds. The third-order valence-corrected chi connectivity index (χ3v) is 3.04. The second kappa shape index (κ2) is 26.6. The van der Waals surface area contributed by atoms with Crippen LogP contribution < -0.4 is 0 Å². The molecule has 0 aromatic carbocycles. The van der Waals surface area contributed by atoms with Gasteiger partial charge < -0.3 is 47.7 Å². The van der Waals surface area contributed by atoms with Crippen molar-refractivity contribution in [2.45, 2.75) is 19.3 Å². The van der Waals surface area contributed by atoms with Crippen molar-refractivity contribution in [2.24, 2.45) is 0 Å². The summed E-state index contributed by atoms with van der Waals surface area (Å²) in [6, 6.07) is 0. The Balaban J connectivity index is 2.96. The van der Waals surface area contributed by atoms with Gasteiger partial charge in [-0.2, -0.15) is 0 Å². The molecule has 0 fully saturated rings. The maximum atomic E-state index is 8.53. The fourth-order valence-electron chi connectivity index (χ4n) is 1.76. The molecule has 0 saturated heterocycles. The van der Waals surface area contributed by atoms with Gasteiger partial charge in [0.1, 0.15) is 27.2 Å². The molecule has 0 spiro atoms. The minimum Gasteiger partial charge on any atom is -0.394 e. The zero-order valence-corrected chi connectivity index (χ0v) is 17.1. The Kier molecular flexibility index (Phi) is 26.2. The van der Waals surface area contributed by atoms with Crippen LogP contribution in [0.25, 0.3) is 0 Å². The molecule has 0 saturated carbocycles. The van der Waals surface area contributed by atoms with Crippen molar-refractivity contribution in [3.8, 4) is 0 Å². The van der Waals surface area contributed by atoms with Crippen molar-refractivity contribution in [2.75, 3.05) is 100 Å². The zero-order valence-electron chi connectivity index (χ0n) is 17.1. The second-order valence-electron chi connectivity index (χ2n) is 5.51. The van der Waals surface area contributed by atoms with Gasteiger partial charge >= 0.3 is 0 Å². The quantitative estimate of drug-likeness (QED) is 0.170. The molecule has 0 aliphatic carbocycles. The van der Waals surface area contributed by atoms with Gasteiger partial charge in [-0.25, -0.2) is 0 Å². The minimum absolute atomic E-state index is 0.0381. The lowest BCUT2D eigenvalue weighted by molar-refractivity contribution is -0.124. The highest BCUT2D eigenvalue weighted by Gasteiger charge is 1.94. The van der Waals surface area contributed by atoms with Gasteiger partial charge in [0.25, 0.3) is 0 Å². The van der Waals surface area contributed by atoms with Crippen LogP contribution in [0.1, 0.15) is 19.3 Å². The maximum absolute atomic E-state index is 8.53. The van der Waals surface area contributed by atoms with Crippen LogP contribution in [0.3, 0.4) is 0 Å². The van der Waals surface area contributed by atoms with Crippen LogP contribution in [0, 0.1) is 0 Å². The molecule has 0 heterocycles. The SMILES string of the molecule is COCOCOCCCOCOCCCOCOCCCOCCOCCO. The topological polar surface area (TPSA) is 103 Å². The number of methoxy groups -OCH3 is 1. The molecular weight excluding hydrogens is 376 g/mol. The van der Waals surface area contributed by atoms with Gasteiger partial charge in [0.05, 0.1) is 59.5 Å². The lowest BCUT2D eigenvalue weighted by atomic mass is 10.5. The van der Waals surface area contributed by atoms with Crippen LogP contribution in [0.2, 0.25) is 0 Å². The first-order valence-electron chi connectivity index (χ1n) is 9.63. The fourth-order valence-corrected chi connectivity index (χ4v) is 1.76. The lowest BCUT2D eigenvalue weighted by Gasteiger charge is -2.08. The van der Waals surface area contributed by atoms with E-state index in [-0.39, 0.29) is 33.8 Å². The minimum atomic E-state index is 0.0381. The van der Waals surface area contributed by atoms with E-state index in [0.29, 0.717) is 59.5 Å². The van der Waals surface area contributed by atoms with Gasteiger partial charge in [-0.3, -0.25) is 0 Å². The van der Waals surface area contributed by atoms with Crippen LogP contribution in [0.5, 0.6) is 0 Å². The summed E-state index contributed by atoms with van der Waals surface area (Å²) in [6.07, 6.45) is 2.36. The number of hydrogen-bond donors (Lipinski definition) is 1. The number of aliphatic hydroxyl groups is 1. The van der Waals surface area contributed by atoms with Crippen molar-refractivity contribution >= 4 is 0 Å². The molecule has 0 unspecified atom stereocenters. The van der Waals surface area contributed by atoms with Crippen molar-refractivity contribution in [3.63, 3.8) is 0 Å². The average Bonchev–Trinajstić information content (AvgIpc) is 2.71. The van der Waals surface area contributed by atoms with Crippen molar-refractivity contribution < 1.29 is 47.7 Å². The first-order chi connectivity index (χ1) is 13.9. The molecule has 1 N–H and O–H groups in total. The van der Waals surface area contributed by atoms with Crippen molar-refractivity contribution in [1.82, 2.24) is 0 Å². The van der Waals surface area contributed by atoms with E-state index in [1.54, 1.807) is 7.11 Å². The fraction of sp³-hybridized carbons (Fsp3) is 1.00.